The molecule has 20 heavy (non-hydrogen) atoms. The number of aliphatic hydroxyl groups excluding tert-OH is 1. The van der Waals surface area contributed by atoms with Crippen LogP contribution in [0.2, 0.25) is 5.02 Å². The Morgan fingerprint density at radius 3 is 2.25 bits per heavy atom. The van der Waals surface area contributed by atoms with Gasteiger partial charge < -0.3 is 5.11 Å². The normalized spacial score (nSPS) is 13.2. The highest BCUT2D eigenvalue weighted by atomic mass is 35.5. The Morgan fingerprint density at radius 2 is 1.65 bits per heavy atom. The van der Waals surface area contributed by atoms with Crippen LogP contribution in [0.3, 0.4) is 0 Å². The zero-order chi connectivity index (χ0) is 14.5. The summed E-state index contributed by atoms with van der Waals surface area (Å²) in [5.41, 5.74) is 3.03. The van der Waals surface area contributed by atoms with E-state index in [0.717, 1.165) is 21.7 Å². The molecule has 0 aliphatic rings. The Bertz CT molecular complexity index is 632. The lowest BCUT2D eigenvalue weighted by Gasteiger charge is -2.06. The van der Waals surface area contributed by atoms with Gasteiger partial charge in [-0.15, -0.1) is 0 Å². The van der Waals surface area contributed by atoms with E-state index < -0.39 is 6.10 Å². The number of hydrogen-bond donors (Lipinski definition) is 1. The van der Waals surface area contributed by atoms with E-state index in [2.05, 4.69) is 11.8 Å². The van der Waals surface area contributed by atoms with E-state index in [1.165, 1.54) is 0 Å². The van der Waals surface area contributed by atoms with Crippen LogP contribution in [0.4, 0.5) is 0 Å². The second kappa shape index (κ2) is 6.61. The Hall–Kier alpha value is -1.75. The van der Waals surface area contributed by atoms with Gasteiger partial charge in [0.1, 0.15) is 0 Å². The molecule has 2 aromatic carbocycles. The van der Waals surface area contributed by atoms with Gasteiger partial charge in [0.25, 0.3) is 0 Å². The summed E-state index contributed by atoms with van der Waals surface area (Å²) >= 11 is 6.18. The predicted octanol–water partition coefficient (Wildman–Crippen LogP) is 4.38. The van der Waals surface area contributed by atoms with Crippen molar-refractivity contribution in [3.05, 3.63) is 59.1 Å². The van der Waals surface area contributed by atoms with Crippen LogP contribution in [0.25, 0.3) is 11.1 Å². The minimum absolute atomic E-state index is 0.0294. The fourth-order valence-electron chi connectivity index (χ4n) is 1.75. The van der Waals surface area contributed by atoms with Crippen molar-refractivity contribution >= 4 is 11.6 Å². The minimum Gasteiger partial charge on any atom is -0.392 e. The van der Waals surface area contributed by atoms with Crippen molar-refractivity contribution in [3.63, 3.8) is 0 Å². The molecule has 0 saturated heterocycles. The van der Waals surface area contributed by atoms with Gasteiger partial charge in [-0.1, -0.05) is 53.8 Å². The van der Waals surface area contributed by atoms with Crippen molar-refractivity contribution in [1.82, 2.24) is 0 Å². The molecule has 0 heterocycles. The molecule has 0 spiro atoms. The summed E-state index contributed by atoms with van der Waals surface area (Å²) in [5, 5.41) is 10.1. The van der Waals surface area contributed by atoms with Gasteiger partial charge in [0.2, 0.25) is 0 Å². The summed E-state index contributed by atoms with van der Waals surface area (Å²) in [6.45, 7) is 3.66. The second-order valence-corrected chi connectivity index (χ2v) is 5.26. The molecule has 1 nitrogen and oxygen atoms in total. The SMILES string of the molecule is CC(O)C(C)C#Cc1ccc(-c2ccccc2Cl)cc1. The number of benzene rings is 2. The average molecular weight is 285 g/mol. The lowest BCUT2D eigenvalue weighted by Crippen LogP contribution is -2.10. The molecule has 0 aliphatic heterocycles. The van der Waals surface area contributed by atoms with Gasteiger partial charge in [-0.05, 0) is 37.6 Å². The summed E-state index contributed by atoms with van der Waals surface area (Å²) < 4.78 is 0. The van der Waals surface area contributed by atoms with Crippen molar-refractivity contribution in [2.75, 3.05) is 0 Å². The van der Waals surface area contributed by atoms with Gasteiger partial charge in [-0.2, -0.15) is 0 Å². The molecule has 2 aromatic rings. The third-order valence-electron chi connectivity index (χ3n) is 3.24. The molecular weight excluding hydrogens is 268 g/mol. The average Bonchev–Trinajstić information content (AvgIpc) is 2.46. The molecule has 0 fully saturated rings. The van der Waals surface area contributed by atoms with E-state index in [0.29, 0.717) is 0 Å². The zero-order valence-corrected chi connectivity index (χ0v) is 12.4. The standard InChI is InChI=1S/C18H17ClO/c1-13(14(2)20)7-8-15-9-11-16(12-10-15)17-5-3-4-6-18(17)19/h3-6,9-14,20H,1-2H3. The highest BCUT2D eigenvalue weighted by Gasteiger charge is 2.04. The van der Waals surface area contributed by atoms with Crippen LogP contribution in [0.5, 0.6) is 0 Å². The first-order valence-electron chi connectivity index (χ1n) is 6.62. The fourth-order valence-corrected chi connectivity index (χ4v) is 1.99. The van der Waals surface area contributed by atoms with Crippen LogP contribution in [0, 0.1) is 17.8 Å². The van der Waals surface area contributed by atoms with Gasteiger partial charge in [0, 0.05) is 22.1 Å². The first-order valence-corrected chi connectivity index (χ1v) is 7.00. The molecule has 2 heteroatoms. The first-order chi connectivity index (χ1) is 9.58. The summed E-state index contributed by atoms with van der Waals surface area (Å²) in [6, 6.07) is 15.7. The molecule has 0 aliphatic carbocycles. The molecule has 0 radical (unpaired) electrons. The third kappa shape index (κ3) is 3.63. The number of aliphatic hydroxyl groups is 1. The Morgan fingerprint density at radius 1 is 1.00 bits per heavy atom. The smallest absolute Gasteiger partial charge is 0.0646 e. The number of halogens is 1. The zero-order valence-electron chi connectivity index (χ0n) is 11.6. The van der Waals surface area contributed by atoms with Crippen molar-refractivity contribution in [1.29, 1.82) is 0 Å². The maximum absolute atomic E-state index is 9.41. The van der Waals surface area contributed by atoms with Crippen LogP contribution >= 0.6 is 11.6 Å². The van der Waals surface area contributed by atoms with Crippen LogP contribution in [-0.4, -0.2) is 11.2 Å². The summed E-state index contributed by atoms with van der Waals surface area (Å²) in [5.74, 6) is 6.09. The first kappa shape index (κ1) is 14.7. The lowest BCUT2D eigenvalue weighted by atomic mass is 10.0. The van der Waals surface area contributed by atoms with E-state index in [4.69, 9.17) is 11.6 Å². The summed E-state index contributed by atoms with van der Waals surface area (Å²) in [7, 11) is 0. The van der Waals surface area contributed by atoms with Crippen molar-refractivity contribution in [2.45, 2.75) is 20.0 Å². The molecule has 0 aromatic heterocycles. The van der Waals surface area contributed by atoms with E-state index in [9.17, 15) is 5.11 Å². The van der Waals surface area contributed by atoms with E-state index in [1.54, 1.807) is 6.92 Å². The van der Waals surface area contributed by atoms with Crippen LogP contribution in [0.1, 0.15) is 19.4 Å². The number of rotatable bonds is 2. The molecule has 102 valence electrons. The summed E-state index contributed by atoms with van der Waals surface area (Å²) in [6.07, 6.45) is -0.412. The molecule has 2 unspecified atom stereocenters. The monoisotopic (exact) mass is 284 g/mol. The van der Waals surface area contributed by atoms with Crippen LogP contribution < -0.4 is 0 Å². The predicted molar refractivity (Wildman–Crippen MR) is 84.6 cm³/mol. The van der Waals surface area contributed by atoms with E-state index in [1.807, 2.05) is 55.5 Å². The quantitative estimate of drug-likeness (QED) is 0.812. The summed E-state index contributed by atoms with van der Waals surface area (Å²) in [4.78, 5) is 0. The van der Waals surface area contributed by atoms with Crippen molar-refractivity contribution in [2.24, 2.45) is 5.92 Å². The Labute approximate surface area is 125 Å². The van der Waals surface area contributed by atoms with Crippen molar-refractivity contribution < 1.29 is 5.11 Å². The topological polar surface area (TPSA) is 20.2 Å². The van der Waals surface area contributed by atoms with E-state index in [-0.39, 0.29) is 5.92 Å². The molecule has 1 N–H and O–H groups in total. The molecule has 2 atom stereocenters. The van der Waals surface area contributed by atoms with Gasteiger partial charge in [0.05, 0.1) is 6.10 Å². The lowest BCUT2D eigenvalue weighted by molar-refractivity contribution is 0.161. The molecular formula is C18H17ClO. The van der Waals surface area contributed by atoms with E-state index >= 15 is 0 Å². The maximum Gasteiger partial charge on any atom is 0.0646 e. The van der Waals surface area contributed by atoms with Crippen molar-refractivity contribution in [3.8, 4) is 23.0 Å². The Balaban J connectivity index is 2.21. The largest absolute Gasteiger partial charge is 0.392 e. The highest BCUT2D eigenvalue weighted by molar-refractivity contribution is 6.33. The highest BCUT2D eigenvalue weighted by Crippen LogP contribution is 2.27. The van der Waals surface area contributed by atoms with Crippen LogP contribution in [0.15, 0.2) is 48.5 Å². The van der Waals surface area contributed by atoms with Gasteiger partial charge in [-0.25, -0.2) is 0 Å². The maximum atomic E-state index is 9.41. The third-order valence-corrected chi connectivity index (χ3v) is 3.57. The molecule has 0 bridgehead atoms. The van der Waals surface area contributed by atoms with Gasteiger partial charge in [-0.3, -0.25) is 0 Å². The number of hydrogen-bond acceptors (Lipinski definition) is 1. The molecule has 0 amide bonds. The molecule has 0 saturated carbocycles. The molecule has 2 rings (SSSR count). The Kier molecular flexibility index (Phi) is 4.84. The fraction of sp³-hybridized carbons (Fsp3) is 0.222. The van der Waals surface area contributed by atoms with Gasteiger partial charge >= 0.3 is 0 Å². The van der Waals surface area contributed by atoms with Crippen LogP contribution in [-0.2, 0) is 0 Å². The minimum atomic E-state index is -0.412. The second-order valence-electron chi connectivity index (χ2n) is 4.86. The van der Waals surface area contributed by atoms with Gasteiger partial charge in [0.15, 0.2) is 0 Å².